The number of aromatic nitrogens is 2. The van der Waals surface area contributed by atoms with Crippen molar-refractivity contribution in [1.29, 1.82) is 0 Å². The second-order valence-electron chi connectivity index (χ2n) is 10.2. The van der Waals surface area contributed by atoms with Gasteiger partial charge in [-0.2, -0.15) is 10.1 Å². The molecule has 0 spiro atoms. The van der Waals surface area contributed by atoms with Gasteiger partial charge in [0.05, 0.1) is 19.3 Å². The number of fused-ring (bicyclic) bond motifs is 1. The summed E-state index contributed by atoms with van der Waals surface area (Å²) < 4.78 is 38.1. The van der Waals surface area contributed by atoms with E-state index in [0.29, 0.717) is 11.8 Å². The number of rotatable bonds is 13. The minimum Gasteiger partial charge on any atom is -0.465 e. The number of aliphatic hydroxyl groups excluding tert-OH is 1. The van der Waals surface area contributed by atoms with Gasteiger partial charge in [-0.1, -0.05) is 54.9 Å². The molecule has 0 radical (unpaired) electrons. The Bertz CT molecular complexity index is 1610. The van der Waals surface area contributed by atoms with Crippen molar-refractivity contribution in [3.8, 4) is 5.75 Å². The Hall–Kier alpha value is -3.97. The molecule has 16 heteroatoms. The van der Waals surface area contributed by atoms with Crippen LogP contribution in [-0.4, -0.2) is 57.6 Å². The van der Waals surface area contributed by atoms with E-state index in [0.717, 1.165) is 16.4 Å². The number of esters is 1. The Labute approximate surface area is 247 Å². The number of ether oxygens (including phenoxy) is 2. The lowest BCUT2D eigenvalue weighted by molar-refractivity contribution is -0.145. The molecule has 0 amide bonds. The fraction of sp³-hybridized carbons (Fsp3) is 0.444. The van der Waals surface area contributed by atoms with Crippen LogP contribution in [0.15, 0.2) is 64.6 Å². The average Bonchev–Trinajstić information content (AvgIpc) is 3.21. The molecule has 2 aromatic carbocycles. The zero-order valence-corrected chi connectivity index (χ0v) is 24.8. The van der Waals surface area contributed by atoms with Crippen molar-refractivity contribution in [2.75, 3.05) is 18.9 Å². The van der Waals surface area contributed by atoms with Crippen molar-refractivity contribution in [3.05, 3.63) is 75.7 Å². The third-order valence-corrected chi connectivity index (χ3v) is 8.57. The number of carbonyl (C=O) groups is 1. The lowest BCUT2D eigenvalue weighted by Gasteiger charge is -2.28. The number of nitrogens with one attached hydrogen (secondary N) is 1. The van der Waals surface area contributed by atoms with Crippen LogP contribution in [0, 0.1) is 0 Å². The largest absolute Gasteiger partial charge is 0.465 e. The minimum absolute atomic E-state index is 0.0369. The van der Waals surface area contributed by atoms with Gasteiger partial charge in [0.25, 0.3) is 0 Å². The molecular formula is C27H34N7O8P. The summed E-state index contributed by atoms with van der Waals surface area (Å²) in [7, 11) is -4.38. The van der Waals surface area contributed by atoms with Crippen LogP contribution in [0.3, 0.4) is 0 Å². The summed E-state index contributed by atoms with van der Waals surface area (Å²) in [6, 6.07) is 12.6. The highest BCUT2D eigenvalue weighted by Gasteiger charge is 2.55. The van der Waals surface area contributed by atoms with Gasteiger partial charge in [0.15, 0.2) is 6.23 Å². The highest BCUT2D eigenvalue weighted by molar-refractivity contribution is 7.52. The molecule has 0 aliphatic carbocycles. The number of nitrogens with two attached hydrogens (primary N) is 1. The molecule has 1 unspecified atom stereocenters. The predicted molar refractivity (Wildman–Crippen MR) is 157 cm³/mol. The first kappa shape index (κ1) is 32.0. The Morgan fingerprint density at radius 3 is 2.79 bits per heavy atom. The molecule has 2 heterocycles. The quantitative estimate of drug-likeness (QED) is 0.0627. The lowest BCUT2D eigenvalue weighted by Crippen LogP contribution is -2.45. The van der Waals surface area contributed by atoms with E-state index < -0.39 is 56.0 Å². The zero-order chi connectivity index (χ0) is 31.2. The van der Waals surface area contributed by atoms with E-state index in [1.165, 1.54) is 26.1 Å². The molecule has 1 saturated heterocycles. The van der Waals surface area contributed by atoms with Crippen molar-refractivity contribution < 1.29 is 33.0 Å². The van der Waals surface area contributed by atoms with Crippen LogP contribution in [-0.2, 0) is 23.4 Å². The second-order valence-corrected chi connectivity index (χ2v) is 11.9. The van der Waals surface area contributed by atoms with Gasteiger partial charge in [-0.15, -0.1) is 0 Å². The molecule has 1 aromatic heterocycles. The maximum Gasteiger partial charge on any atom is 0.459 e. The van der Waals surface area contributed by atoms with Crippen LogP contribution < -0.4 is 21.0 Å². The molecule has 0 bridgehead atoms. The number of hydrogen-bond acceptors (Lipinski definition) is 11. The summed E-state index contributed by atoms with van der Waals surface area (Å²) in [6.45, 7) is 4.43. The van der Waals surface area contributed by atoms with E-state index in [9.17, 15) is 24.8 Å². The Morgan fingerprint density at radius 2 is 2.07 bits per heavy atom. The number of anilines is 1. The van der Waals surface area contributed by atoms with Gasteiger partial charge >= 0.3 is 19.4 Å². The van der Waals surface area contributed by atoms with Crippen LogP contribution >= 0.6 is 7.75 Å². The van der Waals surface area contributed by atoms with Gasteiger partial charge in [0.1, 0.15) is 29.3 Å². The van der Waals surface area contributed by atoms with E-state index in [2.05, 4.69) is 20.1 Å². The van der Waals surface area contributed by atoms with E-state index in [1.54, 1.807) is 24.3 Å². The molecule has 4 N–H and O–H groups in total. The number of aliphatic hydroxyl groups is 1. The molecule has 6 atom stereocenters. The minimum atomic E-state index is -4.38. The SMILES string of the molecule is CCCCOC(=O)[C@H](C)NP(=O)(OC[C@H]1O[C@@H](n2ccc(N)nc2=O)[C@](C)(N=[N+]=[N-])[C@@H]1O)Oc1cccc2ccccc12. The molecule has 1 aliphatic rings. The number of benzene rings is 2. The van der Waals surface area contributed by atoms with Crippen LogP contribution in [0.25, 0.3) is 21.2 Å². The molecule has 3 aromatic rings. The normalized spacial score (nSPS) is 23.7. The first-order chi connectivity index (χ1) is 20.5. The summed E-state index contributed by atoms with van der Waals surface area (Å²) in [5, 5.41) is 19.0. The average molecular weight is 616 g/mol. The molecule has 1 aliphatic heterocycles. The monoisotopic (exact) mass is 615 g/mol. The standard InChI is InChI=1S/C27H34N7O8P/c1-4-5-15-39-24(36)17(2)31-43(38,42-20-12-8-10-18-9-6-7-11-19(18)20)40-16-21-23(35)27(3,32-33-29)25(41-21)34-14-13-22(28)30-26(34)37/h6-14,17,21,23,25,35H,4-5,15-16H2,1-3H3,(H,31,38)(H2,28,30,37)/t17-,21+,23+,25+,27+,43?/m0/s1. The topological polar surface area (TPSA) is 213 Å². The van der Waals surface area contributed by atoms with Gasteiger partial charge in [0, 0.05) is 16.5 Å². The summed E-state index contributed by atoms with van der Waals surface area (Å²) in [5.74, 6) is -0.489. The van der Waals surface area contributed by atoms with Crippen molar-refractivity contribution >= 4 is 30.3 Å². The molecule has 43 heavy (non-hydrogen) atoms. The van der Waals surface area contributed by atoms with Crippen LogP contribution in [0.1, 0.15) is 39.8 Å². The van der Waals surface area contributed by atoms with E-state index >= 15 is 0 Å². The molecule has 1 fully saturated rings. The maximum atomic E-state index is 14.2. The molecule has 4 rings (SSSR count). The van der Waals surface area contributed by atoms with Gasteiger partial charge in [0.2, 0.25) is 0 Å². The lowest BCUT2D eigenvalue weighted by atomic mass is 9.93. The van der Waals surface area contributed by atoms with Gasteiger partial charge in [-0.05, 0) is 43.3 Å². The smallest absolute Gasteiger partial charge is 0.459 e. The van der Waals surface area contributed by atoms with Crippen molar-refractivity contribution in [1.82, 2.24) is 14.6 Å². The number of carbonyl (C=O) groups excluding carboxylic acids is 1. The Kier molecular flexibility index (Phi) is 10.1. The number of azide groups is 1. The van der Waals surface area contributed by atoms with Gasteiger partial charge in [-0.25, -0.2) is 9.36 Å². The predicted octanol–water partition coefficient (Wildman–Crippen LogP) is 3.83. The first-order valence-corrected chi connectivity index (χ1v) is 15.2. The summed E-state index contributed by atoms with van der Waals surface area (Å²) >= 11 is 0. The summed E-state index contributed by atoms with van der Waals surface area (Å²) in [5.41, 5.74) is 12.3. The summed E-state index contributed by atoms with van der Waals surface area (Å²) in [4.78, 5) is 31.7. The Morgan fingerprint density at radius 1 is 1.33 bits per heavy atom. The van der Waals surface area contributed by atoms with Crippen LogP contribution in [0.5, 0.6) is 5.75 Å². The third kappa shape index (κ3) is 7.16. The molecule has 15 nitrogen and oxygen atoms in total. The van der Waals surface area contributed by atoms with Crippen LogP contribution in [0.4, 0.5) is 5.82 Å². The highest BCUT2D eigenvalue weighted by atomic mass is 31.2. The maximum absolute atomic E-state index is 14.2. The number of nitrogen functional groups attached to an aromatic ring is 1. The fourth-order valence-electron chi connectivity index (χ4n) is 4.59. The second kappa shape index (κ2) is 13.6. The first-order valence-electron chi connectivity index (χ1n) is 13.6. The van der Waals surface area contributed by atoms with E-state index in [4.69, 9.17) is 24.3 Å². The number of hydrogen-bond donors (Lipinski definition) is 3. The fourth-order valence-corrected chi connectivity index (χ4v) is 6.11. The van der Waals surface area contributed by atoms with Gasteiger partial charge in [-0.3, -0.25) is 13.9 Å². The van der Waals surface area contributed by atoms with Crippen LogP contribution in [0.2, 0.25) is 0 Å². The molecule has 230 valence electrons. The number of unbranched alkanes of at least 4 members (excludes halogenated alkanes) is 1. The van der Waals surface area contributed by atoms with E-state index in [-0.39, 0.29) is 18.2 Å². The Balaban J connectivity index is 1.62. The van der Waals surface area contributed by atoms with Crippen molar-refractivity contribution in [2.24, 2.45) is 5.11 Å². The third-order valence-electron chi connectivity index (χ3n) is 6.94. The van der Waals surface area contributed by atoms with Crippen molar-refractivity contribution in [3.63, 3.8) is 0 Å². The highest BCUT2D eigenvalue weighted by Crippen LogP contribution is 2.48. The summed E-state index contributed by atoms with van der Waals surface area (Å²) in [6.07, 6.45) is -1.33. The molecule has 0 saturated carbocycles. The number of nitrogens with zero attached hydrogens (tertiary/aromatic N) is 5. The zero-order valence-electron chi connectivity index (χ0n) is 23.9. The molecular weight excluding hydrogens is 581 g/mol. The van der Waals surface area contributed by atoms with E-state index in [1.807, 2.05) is 25.1 Å². The van der Waals surface area contributed by atoms with Crippen molar-refractivity contribution in [2.45, 2.75) is 63.6 Å². The van der Waals surface area contributed by atoms with Gasteiger partial charge < -0.3 is 24.8 Å².